The van der Waals surface area contributed by atoms with Gasteiger partial charge in [0.2, 0.25) is 5.95 Å². The molecule has 0 spiro atoms. The third kappa shape index (κ3) is 3.45. The molecule has 0 aromatic carbocycles. The van der Waals surface area contributed by atoms with Gasteiger partial charge in [0.25, 0.3) is 0 Å². The molecule has 0 atom stereocenters. The topological polar surface area (TPSA) is 120 Å². The van der Waals surface area contributed by atoms with E-state index in [0.29, 0.717) is 5.82 Å². The first-order valence-corrected chi connectivity index (χ1v) is 7.13. The van der Waals surface area contributed by atoms with Crippen molar-refractivity contribution < 1.29 is 28.2 Å². The maximum absolute atomic E-state index is 14.2. The monoisotopic (exact) mass is 347 g/mol. The zero-order valence-electron chi connectivity index (χ0n) is 13.7. The Hall–Kier alpha value is -2.30. The van der Waals surface area contributed by atoms with E-state index in [9.17, 15) is 23.5 Å². The van der Waals surface area contributed by atoms with Gasteiger partial charge in [0.15, 0.2) is 5.60 Å². The third-order valence-corrected chi connectivity index (χ3v) is 3.25. The number of aromatic nitrogens is 3. The normalized spacial score (nSPS) is 17.2. The van der Waals surface area contributed by atoms with E-state index < -0.39 is 42.2 Å². The lowest BCUT2D eigenvalue weighted by atomic mass is 9.86. The highest BCUT2D eigenvalue weighted by molar-refractivity contribution is 5.96. The smallest absolute Gasteiger partial charge is 0.410 e. The molecular weight excluding hydrogens is 328 g/mol. The van der Waals surface area contributed by atoms with Gasteiger partial charge in [-0.15, -0.1) is 5.10 Å². The fraction of sp³-hybridized carbons (Fsp3) is 0.692. The van der Waals surface area contributed by atoms with Gasteiger partial charge < -0.3 is 14.7 Å². The molecule has 1 aromatic rings. The van der Waals surface area contributed by atoms with Crippen molar-refractivity contribution >= 4 is 17.9 Å². The first-order valence-electron chi connectivity index (χ1n) is 7.13. The van der Waals surface area contributed by atoms with Gasteiger partial charge in [0.1, 0.15) is 11.4 Å². The van der Waals surface area contributed by atoms with Gasteiger partial charge in [0.05, 0.1) is 13.1 Å². The molecule has 0 aliphatic carbocycles. The molecule has 2 amide bonds. The fourth-order valence-electron chi connectivity index (χ4n) is 2.03. The summed E-state index contributed by atoms with van der Waals surface area (Å²) in [4.78, 5) is 28.0. The Balaban J connectivity index is 1.99. The molecule has 2 heterocycles. The molecule has 24 heavy (non-hydrogen) atoms. The van der Waals surface area contributed by atoms with Gasteiger partial charge in [-0.2, -0.15) is 13.8 Å². The minimum absolute atomic E-state index is 0.326. The third-order valence-electron chi connectivity index (χ3n) is 3.25. The summed E-state index contributed by atoms with van der Waals surface area (Å²) in [5, 5.41) is 17.7. The first kappa shape index (κ1) is 18.0. The zero-order valence-corrected chi connectivity index (χ0v) is 13.7. The Morgan fingerprint density at radius 1 is 1.38 bits per heavy atom. The summed E-state index contributed by atoms with van der Waals surface area (Å²) in [6.45, 7) is 4.94. The number of H-pyrrole nitrogens is 1. The summed E-state index contributed by atoms with van der Waals surface area (Å²) in [6, 6.07) is 0. The predicted octanol–water partition coefficient (Wildman–Crippen LogP) is 0.669. The van der Waals surface area contributed by atoms with Crippen LogP contribution >= 0.6 is 0 Å². The number of hydrogen-bond acceptors (Lipinski definition) is 6. The quantitative estimate of drug-likeness (QED) is 0.739. The van der Waals surface area contributed by atoms with Crippen molar-refractivity contribution in [1.29, 1.82) is 0 Å². The molecule has 1 aromatic heterocycles. The largest absolute Gasteiger partial charge is 0.444 e. The summed E-state index contributed by atoms with van der Waals surface area (Å²) in [5.74, 6) is -5.90. The number of nitrogens with one attached hydrogen (secondary N) is 2. The number of nitrogens with zero attached hydrogens (tertiary/aromatic N) is 3. The van der Waals surface area contributed by atoms with E-state index in [4.69, 9.17) is 4.74 Å². The molecule has 1 saturated heterocycles. The Morgan fingerprint density at radius 2 is 1.96 bits per heavy atom. The summed E-state index contributed by atoms with van der Waals surface area (Å²) in [6.07, 6.45) is -0.840. The number of aromatic amines is 1. The van der Waals surface area contributed by atoms with Crippen molar-refractivity contribution in [2.45, 2.75) is 44.8 Å². The molecule has 134 valence electrons. The number of aryl methyl sites for hydroxylation is 1. The van der Waals surface area contributed by atoms with Crippen LogP contribution in [0, 0.1) is 6.92 Å². The number of carbonyl (C=O) groups is 2. The number of halogens is 2. The highest BCUT2D eigenvalue weighted by Gasteiger charge is 2.65. The molecule has 1 fully saturated rings. The molecule has 11 heteroatoms. The number of amides is 2. The van der Waals surface area contributed by atoms with Gasteiger partial charge in [-0.25, -0.2) is 4.79 Å². The highest BCUT2D eigenvalue weighted by Crippen LogP contribution is 2.38. The average molecular weight is 347 g/mol. The first-order chi connectivity index (χ1) is 10.8. The van der Waals surface area contributed by atoms with E-state index in [1.54, 1.807) is 20.8 Å². The Kier molecular flexibility index (Phi) is 4.25. The lowest BCUT2D eigenvalue weighted by Crippen LogP contribution is -2.74. The van der Waals surface area contributed by atoms with Gasteiger partial charge in [-0.3, -0.25) is 15.2 Å². The summed E-state index contributed by atoms with van der Waals surface area (Å²) >= 11 is 0. The summed E-state index contributed by atoms with van der Waals surface area (Å²) in [5.41, 5.74) is -3.48. The van der Waals surface area contributed by atoms with Crippen molar-refractivity contribution in [2.75, 3.05) is 18.4 Å². The number of likely N-dealkylation sites (tertiary alicyclic amines) is 1. The molecule has 0 unspecified atom stereocenters. The number of aliphatic hydroxyl groups is 1. The second kappa shape index (κ2) is 5.65. The standard InChI is InChI=1S/C13H19F2N5O4/c1-7-16-9(19-18-7)17-8(21)13(14,15)12(23)5-20(6-12)10(22)24-11(2,3)4/h23H,5-6H2,1-4H3,(H2,16,17,18,19,21). The molecule has 0 radical (unpaired) electrons. The van der Waals surface area contributed by atoms with E-state index in [1.807, 2.05) is 5.32 Å². The van der Waals surface area contributed by atoms with E-state index in [-0.39, 0.29) is 5.95 Å². The molecule has 0 bridgehead atoms. The second-order valence-electron chi connectivity index (χ2n) is 6.64. The maximum Gasteiger partial charge on any atom is 0.410 e. The van der Waals surface area contributed by atoms with Crippen LogP contribution in [-0.2, 0) is 9.53 Å². The van der Waals surface area contributed by atoms with Crippen molar-refractivity contribution in [3.05, 3.63) is 5.82 Å². The van der Waals surface area contributed by atoms with Gasteiger partial charge >= 0.3 is 17.9 Å². The minimum atomic E-state index is -4.14. The number of ether oxygens (including phenoxy) is 1. The van der Waals surface area contributed by atoms with E-state index in [1.165, 1.54) is 6.92 Å². The van der Waals surface area contributed by atoms with Crippen molar-refractivity contribution in [1.82, 2.24) is 20.1 Å². The van der Waals surface area contributed by atoms with Crippen LogP contribution < -0.4 is 5.32 Å². The SMILES string of the molecule is Cc1nc(NC(=O)C(F)(F)C2(O)CN(C(=O)OC(C)(C)C)C2)n[nH]1. The Labute approximate surface area is 136 Å². The molecule has 3 N–H and O–H groups in total. The predicted molar refractivity (Wildman–Crippen MR) is 77.5 cm³/mol. The molecule has 0 saturated carbocycles. The second-order valence-corrected chi connectivity index (χ2v) is 6.64. The van der Waals surface area contributed by atoms with Crippen LogP contribution in [0.4, 0.5) is 19.5 Å². The van der Waals surface area contributed by atoms with E-state index in [0.717, 1.165) is 4.90 Å². The number of anilines is 1. The Bertz CT molecular complexity index is 649. The molecule has 9 nitrogen and oxygen atoms in total. The summed E-state index contributed by atoms with van der Waals surface area (Å²) in [7, 11) is 0. The Morgan fingerprint density at radius 3 is 2.42 bits per heavy atom. The van der Waals surface area contributed by atoms with Crippen LogP contribution in [0.3, 0.4) is 0 Å². The van der Waals surface area contributed by atoms with Crippen molar-refractivity contribution in [2.24, 2.45) is 0 Å². The van der Waals surface area contributed by atoms with Crippen LogP contribution in [-0.4, -0.2) is 67.4 Å². The van der Waals surface area contributed by atoms with Crippen LogP contribution in [0.1, 0.15) is 26.6 Å². The lowest BCUT2D eigenvalue weighted by molar-refractivity contribution is -0.226. The van der Waals surface area contributed by atoms with Crippen LogP contribution in [0.15, 0.2) is 0 Å². The van der Waals surface area contributed by atoms with E-state index in [2.05, 4.69) is 15.2 Å². The molecule has 1 aliphatic rings. The number of β-amino-alcohol motifs (C(OH)–C–C–N with tert-alkyl or cyclic N) is 1. The van der Waals surface area contributed by atoms with Gasteiger partial charge in [-0.05, 0) is 27.7 Å². The van der Waals surface area contributed by atoms with Crippen molar-refractivity contribution in [3.8, 4) is 0 Å². The average Bonchev–Trinajstić information content (AvgIpc) is 2.77. The lowest BCUT2D eigenvalue weighted by Gasteiger charge is -2.48. The number of rotatable bonds is 3. The van der Waals surface area contributed by atoms with Crippen LogP contribution in [0.2, 0.25) is 0 Å². The number of carbonyl (C=O) groups excluding carboxylic acids is 2. The molecule has 2 rings (SSSR count). The van der Waals surface area contributed by atoms with Crippen molar-refractivity contribution in [3.63, 3.8) is 0 Å². The minimum Gasteiger partial charge on any atom is -0.444 e. The number of alkyl halides is 2. The molecular formula is C13H19F2N5O4. The van der Waals surface area contributed by atoms with Gasteiger partial charge in [0, 0.05) is 0 Å². The fourth-order valence-corrected chi connectivity index (χ4v) is 2.03. The van der Waals surface area contributed by atoms with E-state index >= 15 is 0 Å². The highest BCUT2D eigenvalue weighted by atomic mass is 19.3. The maximum atomic E-state index is 14.2. The van der Waals surface area contributed by atoms with Gasteiger partial charge in [-0.1, -0.05) is 0 Å². The molecule has 1 aliphatic heterocycles. The zero-order chi connectivity index (χ0) is 18.3. The number of hydrogen-bond donors (Lipinski definition) is 3. The van der Waals surface area contributed by atoms with Crippen LogP contribution in [0.25, 0.3) is 0 Å². The summed E-state index contributed by atoms with van der Waals surface area (Å²) < 4.78 is 33.4. The van der Waals surface area contributed by atoms with Crippen LogP contribution in [0.5, 0.6) is 0 Å².